The molecule has 3 nitrogen and oxygen atoms in total. The van der Waals surface area contributed by atoms with Crippen LogP contribution in [0.1, 0.15) is 58.3 Å². The lowest BCUT2D eigenvalue weighted by Gasteiger charge is -2.54. The zero-order valence-corrected chi connectivity index (χ0v) is 11.0. The third-order valence-electron chi connectivity index (χ3n) is 4.59. The van der Waals surface area contributed by atoms with Crippen LogP contribution in [-0.4, -0.2) is 34.6 Å². The first-order valence-electron chi connectivity index (χ1n) is 7.13. The number of hydrogen-bond acceptors (Lipinski definition) is 2. The van der Waals surface area contributed by atoms with Crippen molar-refractivity contribution in [3.63, 3.8) is 0 Å². The predicted octanol–water partition coefficient (Wildman–Crippen LogP) is 2.90. The Bertz CT molecular complexity index is 265. The highest BCUT2D eigenvalue weighted by Crippen LogP contribution is 2.41. The molecule has 0 unspecified atom stereocenters. The van der Waals surface area contributed by atoms with Crippen molar-refractivity contribution in [3.05, 3.63) is 0 Å². The van der Waals surface area contributed by atoms with E-state index >= 15 is 0 Å². The molecule has 0 amide bonds. The smallest absolute Gasteiger partial charge is 0.305 e. The first-order valence-corrected chi connectivity index (χ1v) is 7.13. The summed E-state index contributed by atoms with van der Waals surface area (Å²) >= 11 is 0. The normalized spacial score (nSPS) is 25.5. The van der Waals surface area contributed by atoms with E-state index in [2.05, 4.69) is 11.8 Å². The van der Waals surface area contributed by atoms with Crippen molar-refractivity contribution in [1.82, 2.24) is 4.90 Å². The zero-order chi connectivity index (χ0) is 12.3. The van der Waals surface area contributed by atoms with E-state index in [1.54, 1.807) is 0 Å². The van der Waals surface area contributed by atoms with E-state index in [4.69, 9.17) is 5.11 Å². The first kappa shape index (κ1) is 12.9. The summed E-state index contributed by atoms with van der Waals surface area (Å²) in [5.74, 6) is 0.207. The minimum absolute atomic E-state index is 0.00826. The van der Waals surface area contributed by atoms with E-state index in [1.807, 2.05) is 0 Å². The van der Waals surface area contributed by atoms with Crippen LogP contribution in [0.15, 0.2) is 0 Å². The molecule has 1 aliphatic heterocycles. The molecule has 0 aromatic carbocycles. The Hall–Kier alpha value is -0.570. The number of aliphatic carboxylic acids is 1. The molecule has 98 valence electrons. The van der Waals surface area contributed by atoms with Crippen LogP contribution in [0.2, 0.25) is 0 Å². The summed E-state index contributed by atoms with van der Waals surface area (Å²) in [6.45, 7) is 4.51. The Kier molecular flexibility index (Phi) is 4.08. The Morgan fingerprint density at radius 1 is 1.29 bits per heavy atom. The fraction of sp³-hybridized carbons (Fsp3) is 0.929. The van der Waals surface area contributed by atoms with Crippen LogP contribution in [0.4, 0.5) is 0 Å². The van der Waals surface area contributed by atoms with Gasteiger partial charge < -0.3 is 5.11 Å². The van der Waals surface area contributed by atoms with Crippen LogP contribution in [-0.2, 0) is 4.79 Å². The van der Waals surface area contributed by atoms with Crippen molar-refractivity contribution in [1.29, 1.82) is 0 Å². The molecule has 0 aromatic rings. The van der Waals surface area contributed by atoms with Gasteiger partial charge in [0.05, 0.1) is 6.42 Å². The van der Waals surface area contributed by atoms with E-state index in [1.165, 1.54) is 32.1 Å². The number of nitrogens with zero attached hydrogens (tertiary/aromatic N) is 1. The second kappa shape index (κ2) is 5.38. The fourth-order valence-corrected chi connectivity index (χ4v) is 3.64. The van der Waals surface area contributed by atoms with Gasteiger partial charge in [0.25, 0.3) is 0 Å². The lowest BCUT2D eigenvalue weighted by Crippen LogP contribution is -2.61. The number of carboxylic acid groups (broad SMARTS) is 1. The molecule has 1 N–H and O–H groups in total. The fourth-order valence-electron chi connectivity index (χ4n) is 3.64. The van der Waals surface area contributed by atoms with E-state index in [-0.39, 0.29) is 5.54 Å². The van der Waals surface area contributed by atoms with Gasteiger partial charge in [0.2, 0.25) is 0 Å². The maximum atomic E-state index is 11.1. The van der Waals surface area contributed by atoms with Gasteiger partial charge in [-0.2, -0.15) is 0 Å². The average molecular weight is 239 g/mol. The Morgan fingerprint density at radius 3 is 2.47 bits per heavy atom. The largest absolute Gasteiger partial charge is 0.481 e. The number of hydrogen-bond donors (Lipinski definition) is 1. The summed E-state index contributed by atoms with van der Waals surface area (Å²) in [7, 11) is 0. The van der Waals surface area contributed by atoms with Gasteiger partial charge in [-0.15, -0.1) is 0 Å². The van der Waals surface area contributed by atoms with Crippen LogP contribution in [0, 0.1) is 5.92 Å². The average Bonchev–Trinajstić information content (AvgIpc) is 2.23. The first-order chi connectivity index (χ1) is 8.16. The number of likely N-dealkylation sites (tertiary alicyclic amines) is 1. The summed E-state index contributed by atoms with van der Waals surface area (Å²) in [4.78, 5) is 13.6. The molecule has 0 aromatic heterocycles. The molecule has 0 spiro atoms. The molecule has 0 radical (unpaired) electrons. The maximum absolute atomic E-state index is 11.1. The van der Waals surface area contributed by atoms with Crippen molar-refractivity contribution in [2.45, 2.75) is 63.8 Å². The minimum Gasteiger partial charge on any atom is -0.481 e. The SMILES string of the molecule is CCCC1CN(C2(CC(=O)O)CCCCC2)C1. The van der Waals surface area contributed by atoms with Gasteiger partial charge >= 0.3 is 5.97 Å². The Labute approximate surface area is 104 Å². The van der Waals surface area contributed by atoms with Crippen molar-refractivity contribution in [2.75, 3.05) is 13.1 Å². The van der Waals surface area contributed by atoms with Gasteiger partial charge in [-0.3, -0.25) is 9.69 Å². The third-order valence-corrected chi connectivity index (χ3v) is 4.59. The maximum Gasteiger partial charge on any atom is 0.305 e. The summed E-state index contributed by atoms with van der Waals surface area (Å²) < 4.78 is 0. The topological polar surface area (TPSA) is 40.5 Å². The molecule has 1 saturated heterocycles. The van der Waals surface area contributed by atoms with E-state index in [0.29, 0.717) is 6.42 Å². The van der Waals surface area contributed by atoms with Gasteiger partial charge in [0.15, 0.2) is 0 Å². The van der Waals surface area contributed by atoms with Gasteiger partial charge in [-0.1, -0.05) is 32.6 Å². The predicted molar refractivity (Wildman–Crippen MR) is 68.0 cm³/mol. The quantitative estimate of drug-likeness (QED) is 0.802. The number of rotatable bonds is 5. The molecule has 0 bridgehead atoms. The Balaban J connectivity index is 1.94. The van der Waals surface area contributed by atoms with E-state index < -0.39 is 5.97 Å². The Morgan fingerprint density at radius 2 is 1.94 bits per heavy atom. The van der Waals surface area contributed by atoms with Gasteiger partial charge in [-0.05, 0) is 25.2 Å². The number of carbonyl (C=O) groups is 1. The molecule has 2 aliphatic rings. The molecular weight excluding hydrogens is 214 g/mol. The van der Waals surface area contributed by atoms with Crippen LogP contribution in [0.25, 0.3) is 0 Å². The lowest BCUT2D eigenvalue weighted by atomic mass is 9.74. The molecule has 2 rings (SSSR count). The highest BCUT2D eigenvalue weighted by molar-refractivity contribution is 5.68. The van der Waals surface area contributed by atoms with Gasteiger partial charge in [0.1, 0.15) is 0 Å². The third kappa shape index (κ3) is 2.82. The standard InChI is InChI=1S/C14H25NO2/c1-2-6-12-10-15(11-12)14(9-13(16)17)7-4-3-5-8-14/h12H,2-11H2,1H3,(H,16,17). The highest BCUT2D eigenvalue weighted by atomic mass is 16.4. The minimum atomic E-state index is -0.620. The molecule has 3 heteroatoms. The number of carboxylic acids is 1. The second-order valence-corrected chi connectivity index (χ2v) is 5.92. The highest BCUT2D eigenvalue weighted by Gasteiger charge is 2.44. The van der Waals surface area contributed by atoms with Crippen LogP contribution in [0.5, 0.6) is 0 Å². The van der Waals surface area contributed by atoms with Crippen LogP contribution >= 0.6 is 0 Å². The zero-order valence-electron chi connectivity index (χ0n) is 11.0. The second-order valence-electron chi connectivity index (χ2n) is 5.92. The molecule has 2 fully saturated rings. The summed E-state index contributed by atoms with van der Waals surface area (Å²) in [6, 6.07) is 0. The van der Waals surface area contributed by atoms with Crippen LogP contribution < -0.4 is 0 Å². The molecule has 1 saturated carbocycles. The van der Waals surface area contributed by atoms with E-state index in [0.717, 1.165) is 31.8 Å². The van der Waals surface area contributed by atoms with Gasteiger partial charge in [0, 0.05) is 18.6 Å². The molecule has 0 atom stereocenters. The molecule has 1 heterocycles. The monoisotopic (exact) mass is 239 g/mol. The van der Waals surface area contributed by atoms with Crippen molar-refractivity contribution >= 4 is 5.97 Å². The molecule has 17 heavy (non-hydrogen) atoms. The van der Waals surface area contributed by atoms with Crippen LogP contribution in [0.3, 0.4) is 0 Å². The molecule has 1 aliphatic carbocycles. The lowest BCUT2D eigenvalue weighted by molar-refractivity contribution is -0.144. The summed E-state index contributed by atoms with van der Waals surface area (Å²) in [5, 5.41) is 9.14. The van der Waals surface area contributed by atoms with Gasteiger partial charge in [-0.25, -0.2) is 0 Å². The molecular formula is C14H25NO2. The van der Waals surface area contributed by atoms with Crippen molar-refractivity contribution < 1.29 is 9.90 Å². The van der Waals surface area contributed by atoms with E-state index in [9.17, 15) is 4.79 Å². The summed E-state index contributed by atoms with van der Waals surface area (Å²) in [6.07, 6.45) is 8.81. The summed E-state index contributed by atoms with van der Waals surface area (Å²) in [5.41, 5.74) is 0.00826. The van der Waals surface area contributed by atoms with Crippen molar-refractivity contribution in [2.24, 2.45) is 5.92 Å². The van der Waals surface area contributed by atoms with Crippen molar-refractivity contribution in [3.8, 4) is 0 Å².